The molecule has 2 N–H and O–H groups in total. The third-order valence-corrected chi connectivity index (χ3v) is 5.35. The minimum absolute atomic E-state index is 0.108. The van der Waals surface area contributed by atoms with E-state index in [9.17, 15) is 9.50 Å². The molecule has 0 fully saturated rings. The number of rotatable bonds is 10. The van der Waals surface area contributed by atoms with Gasteiger partial charge in [-0.3, -0.25) is 4.90 Å². The first-order valence-corrected chi connectivity index (χ1v) is 10.8. The van der Waals surface area contributed by atoms with Gasteiger partial charge in [0.2, 0.25) is 0 Å². The number of likely N-dealkylation sites (N-methyl/N-ethyl adjacent to an activating group) is 1. The van der Waals surface area contributed by atoms with Gasteiger partial charge in [-0.25, -0.2) is 14.4 Å². The van der Waals surface area contributed by atoms with Gasteiger partial charge in [-0.2, -0.15) is 0 Å². The molecule has 0 spiro atoms. The Bertz CT molecular complexity index is 1070. The molecule has 0 saturated carbocycles. The van der Waals surface area contributed by atoms with Crippen LogP contribution in [0.25, 0.3) is 10.9 Å². The fraction of sp³-hybridized carbons (Fsp3) is 0.391. The molecule has 1 heterocycles. The van der Waals surface area contributed by atoms with Crippen molar-refractivity contribution in [1.82, 2.24) is 14.9 Å². The molecule has 0 aliphatic carbocycles. The largest absolute Gasteiger partial charge is 0.493 e. The van der Waals surface area contributed by atoms with E-state index in [0.29, 0.717) is 45.8 Å². The van der Waals surface area contributed by atoms with E-state index >= 15 is 0 Å². The quantitative estimate of drug-likeness (QED) is 0.454. The van der Waals surface area contributed by atoms with E-state index in [2.05, 4.69) is 41.0 Å². The highest BCUT2D eigenvalue weighted by Gasteiger charge is 2.17. The van der Waals surface area contributed by atoms with Crippen LogP contribution in [0, 0.1) is 5.82 Å². The van der Waals surface area contributed by atoms with Crippen LogP contribution in [0.1, 0.15) is 20.8 Å². The van der Waals surface area contributed by atoms with Crippen molar-refractivity contribution >= 4 is 34.0 Å². The second-order valence-corrected chi connectivity index (χ2v) is 8.07. The van der Waals surface area contributed by atoms with Crippen LogP contribution in [-0.4, -0.2) is 58.9 Å². The van der Waals surface area contributed by atoms with Gasteiger partial charge in [0.1, 0.15) is 30.7 Å². The molecule has 32 heavy (non-hydrogen) atoms. The molecule has 0 amide bonds. The molecular weight excluding hydrogens is 435 g/mol. The van der Waals surface area contributed by atoms with Crippen LogP contribution in [0.5, 0.6) is 11.5 Å². The highest BCUT2D eigenvalue weighted by molar-refractivity contribution is 6.30. The Kier molecular flexibility index (Phi) is 8.06. The average molecular weight is 463 g/mol. The summed E-state index contributed by atoms with van der Waals surface area (Å²) in [6.07, 6.45) is 0.721. The highest BCUT2D eigenvalue weighted by atomic mass is 35.5. The van der Waals surface area contributed by atoms with E-state index < -0.39 is 11.9 Å². The number of halogens is 2. The standard InChI is InChI=1S/C23H28ClFN4O3/c1-5-29(14(2)3)11-16(30)12-32-22-10-20-17(9-21(22)31-4)23(27-13-26-20)28-19-7-6-15(24)8-18(19)25/h6-10,13-14,16,30H,5,11-12H2,1-4H3,(H,26,27,28). The number of nitrogens with one attached hydrogen (secondary N) is 1. The molecule has 0 aliphatic rings. The van der Waals surface area contributed by atoms with Crippen molar-refractivity contribution in [1.29, 1.82) is 0 Å². The van der Waals surface area contributed by atoms with Crippen molar-refractivity contribution in [3.8, 4) is 11.5 Å². The van der Waals surface area contributed by atoms with Gasteiger partial charge in [-0.1, -0.05) is 18.5 Å². The summed E-state index contributed by atoms with van der Waals surface area (Å²) >= 11 is 5.83. The van der Waals surface area contributed by atoms with E-state index in [1.807, 2.05) is 0 Å². The monoisotopic (exact) mass is 462 g/mol. The topological polar surface area (TPSA) is 79.7 Å². The maximum absolute atomic E-state index is 14.2. The molecule has 0 saturated heterocycles. The second kappa shape index (κ2) is 10.8. The molecule has 2 aromatic carbocycles. The highest BCUT2D eigenvalue weighted by Crippen LogP contribution is 2.35. The van der Waals surface area contributed by atoms with Gasteiger partial charge >= 0.3 is 0 Å². The zero-order valence-corrected chi connectivity index (χ0v) is 19.4. The normalized spacial score (nSPS) is 12.4. The Morgan fingerprint density at radius 2 is 1.97 bits per heavy atom. The SMILES string of the molecule is CCN(CC(O)COc1cc2ncnc(Nc3ccc(Cl)cc3F)c2cc1OC)C(C)C. The lowest BCUT2D eigenvalue weighted by Gasteiger charge is -2.27. The van der Waals surface area contributed by atoms with Crippen molar-refractivity contribution in [2.24, 2.45) is 0 Å². The number of aliphatic hydroxyl groups excluding tert-OH is 1. The minimum Gasteiger partial charge on any atom is -0.493 e. The van der Waals surface area contributed by atoms with Gasteiger partial charge in [0.05, 0.1) is 18.3 Å². The Morgan fingerprint density at radius 1 is 1.19 bits per heavy atom. The molecule has 9 heteroatoms. The van der Waals surface area contributed by atoms with Gasteiger partial charge in [-0.15, -0.1) is 0 Å². The van der Waals surface area contributed by atoms with Gasteiger partial charge in [0.25, 0.3) is 0 Å². The molecule has 3 rings (SSSR count). The zero-order chi connectivity index (χ0) is 23.3. The molecule has 1 unspecified atom stereocenters. The van der Waals surface area contributed by atoms with Crippen molar-refractivity contribution in [3.63, 3.8) is 0 Å². The summed E-state index contributed by atoms with van der Waals surface area (Å²) in [5, 5.41) is 14.3. The molecule has 0 radical (unpaired) electrons. The number of aliphatic hydroxyl groups is 1. The van der Waals surface area contributed by atoms with Crippen molar-refractivity contribution < 1.29 is 19.0 Å². The van der Waals surface area contributed by atoms with Crippen LogP contribution >= 0.6 is 11.6 Å². The summed E-state index contributed by atoms with van der Waals surface area (Å²) < 4.78 is 25.6. The number of aromatic nitrogens is 2. The Hall–Kier alpha value is -2.68. The molecule has 1 aromatic heterocycles. The van der Waals surface area contributed by atoms with Gasteiger partial charge in [0.15, 0.2) is 11.5 Å². The molecular formula is C23H28ClFN4O3. The number of benzene rings is 2. The first-order valence-electron chi connectivity index (χ1n) is 10.4. The summed E-state index contributed by atoms with van der Waals surface area (Å²) in [5.74, 6) is 0.827. The molecule has 172 valence electrons. The summed E-state index contributed by atoms with van der Waals surface area (Å²) in [5.41, 5.74) is 0.821. The third kappa shape index (κ3) is 5.76. The third-order valence-electron chi connectivity index (χ3n) is 5.12. The Morgan fingerprint density at radius 3 is 2.62 bits per heavy atom. The van der Waals surface area contributed by atoms with Crippen LogP contribution in [-0.2, 0) is 0 Å². The first-order chi connectivity index (χ1) is 15.3. The summed E-state index contributed by atoms with van der Waals surface area (Å²) in [4.78, 5) is 10.7. The maximum Gasteiger partial charge on any atom is 0.163 e. The van der Waals surface area contributed by atoms with Gasteiger partial charge in [-0.05, 0) is 44.7 Å². The smallest absolute Gasteiger partial charge is 0.163 e. The molecule has 1 atom stereocenters. The Balaban J connectivity index is 1.82. The predicted octanol–water partition coefficient (Wildman–Crippen LogP) is 4.64. The summed E-state index contributed by atoms with van der Waals surface area (Å²) in [6, 6.07) is 8.12. The molecule has 0 bridgehead atoms. The van der Waals surface area contributed by atoms with E-state index in [4.69, 9.17) is 21.1 Å². The fourth-order valence-corrected chi connectivity index (χ4v) is 3.53. The first kappa shape index (κ1) is 24.0. The van der Waals surface area contributed by atoms with Crippen LogP contribution in [0.15, 0.2) is 36.7 Å². The second-order valence-electron chi connectivity index (χ2n) is 7.64. The van der Waals surface area contributed by atoms with Crippen molar-refractivity contribution in [2.75, 3.05) is 32.1 Å². The van der Waals surface area contributed by atoms with Gasteiger partial charge in [0, 0.05) is 29.1 Å². The van der Waals surface area contributed by atoms with E-state index in [0.717, 1.165) is 6.54 Å². The number of anilines is 2. The zero-order valence-electron chi connectivity index (χ0n) is 18.6. The average Bonchev–Trinajstić information content (AvgIpc) is 2.77. The molecule has 3 aromatic rings. The van der Waals surface area contributed by atoms with E-state index in [-0.39, 0.29) is 12.3 Å². The van der Waals surface area contributed by atoms with Crippen LogP contribution in [0.2, 0.25) is 5.02 Å². The predicted molar refractivity (Wildman–Crippen MR) is 125 cm³/mol. The lowest BCUT2D eigenvalue weighted by molar-refractivity contribution is 0.0589. The number of fused-ring (bicyclic) bond motifs is 1. The van der Waals surface area contributed by atoms with Gasteiger partial charge < -0.3 is 19.9 Å². The number of methoxy groups -OCH3 is 1. The van der Waals surface area contributed by atoms with Crippen LogP contribution < -0.4 is 14.8 Å². The van der Waals surface area contributed by atoms with Crippen molar-refractivity contribution in [3.05, 3.63) is 47.5 Å². The van der Waals surface area contributed by atoms with E-state index in [1.165, 1.54) is 19.5 Å². The number of hydrogen-bond acceptors (Lipinski definition) is 7. The lowest BCUT2D eigenvalue weighted by Crippen LogP contribution is -2.39. The summed E-state index contributed by atoms with van der Waals surface area (Å²) in [6.45, 7) is 7.69. The minimum atomic E-state index is -0.659. The number of hydrogen-bond donors (Lipinski definition) is 2. The lowest BCUT2D eigenvalue weighted by atomic mass is 10.2. The number of ether oxygens (including phenoxy) is 2. The number of nitrogens with zero attached hydrogens (tertiary/aromatic N) is 3. The molecule has 0 aliphatic heterocycles. The maximum atomic E-state index is 14.2. The Labute approximate surface area is 192 Å². The van der Waals surface area contributed by atoms with Crippen LogP contribution in [0.4, 0.5) is 15.9 Å². The van der Waals surface area contributed by atoms with Crippen LogP contribution in [0.3, 0.4) is 0 Å². The fourth-order valence-electron chi connectivity index (χ4n) is 3.37. The summed E-state index contributed by atoms with van der Waals surface area (Å²) in [7, 11) is 1.53. The van der Waals surface area contributed by atoms with Crippen molar-refractivity contribution in [2.45, 2.75) is 32.9 Å². The molecule has 7 nitrogen and oxygen atoms in total. The van der Waals surface area contributed by atoms with E-state index in [1.54, 1.807) is 24.3 Å².